The molecule has 0 radical (unpaired) electrons. The van der Waals surface area contributed by atoms with E-state index in [4.69, 9.17) is 0 Å². The molecular weight excluding hydrogens is 286 g/mol. The summed E-state index contributed by atoms with van der Waals surface area (Å²) in [6, 6.07) is 5.26. The summed E-state index contributed by atoms with van der Waals surface area (Å²) < 4.78 is 2.04. The van der Waals surface area contributed by atoms with Crippen LogP contribution in [0.5, 0.6) is 0 Å². The second-order valence-corrected chi connectivity index (χ2v) is 5.90. The Labute approximate surface area is 125 Å². The molecule has 21 heavy (non-hydrogen) atoms. The predicted molar refractivity (Wildman–Crippen MR) is 82.1 cm³/mol. The maximum atomic E-state index is 11.3. The quantitative estimate of drug-likeness (QED) is 0.805. The van der Waals surface area contributed by atoms with E-state index in [1.54, 1.807) is 23.5 Å². The molecule has 2 heterocycles. The van der Waals surface area contributed by atoms with Gasteiger partial charge in [0.1, 0.15) is 16.3 Å². The summed E-state index contributed by atoms with van der Waals surface area (Å²) in [5, 5.41) is 12.3. The highest BCUT2D eigenvalue weighted by Gasteiger charge is 2.20. The molecule has 0 spiro atoms. The van der Waals surface area contributed by atoms with Crippen LogP contribution in [0.15, 0.2) is 23.6 Å². The molecule has 0 amide bonds. The van der Waals surface area contributed by atoms with Crippen LogP contribution in [-0.4, -0.2) is 25.6 Å². The number of imidazole rings is 1. The van der Waals surface area contributed by atoms with Gasteiger partial charge in [-0.2, -0.15) is 0 Å². The van der Waals surface area contributed by atoms with Gasteiger partial charge in [-0.3, -0.25) is 0 Å². The first kappa shape index (κ1) is 13.8. The van der Waals surface area contributed by atoms with Crippen molar-refractivity contribution < 1.29 is 9.90 Å². The fourth-order valence-corrected chi connectivity index (χ4v) is 3.41. The van der Waals surface area contributed by atoms with Gasteiger partial charge in [0.15, 0.2) is 0 Å². The minimum Gasteiger partial charge on any atom is -0.478 e. The first-order valence-corrected chi connectivity index (χ1v) is 7.50. The number of carboxylic acid groups (broad SMARTS) is 1. The molecule has 108 valence electrons. The summed E-state index contributed by atoms with van der Waals surface area (Å²) in [5.41, 5.74) is 2.59. The van der Waals surface area contributed by atoms with E-state index in [0.717, 1.165) is 22.0 Å². The topological polar surface area (TPSA) is 68.0 Å². The number of benzene rings is 1. The molecule has 0 aliphatic rings. The summed E-state index contributed by atoms with van der Waals surface area (Å²) in [7, 11) is 0. The van der Waals surface area contributed by atoms with Crippen molar-refractivity contribution in [3.05, 3.63) is 45.7 Å². The van der Waals surface area contributed by atoms with Gasteiger partial charge in [0.2, 0.25) is 0 Å². The van der Waals surface area contributed by atoms with E-state index >= 15 is 0 Å². The average molecular weight is 301 g/mol. The highest BCUT2D eigenvalue weighted by atomic mass is 32.1. The van der Waals surface area contributed by atoms with Gasteiger partial charge in [-0.1, -0.05) is 6.07 Å². The fraction of sp³-hybridized carbons (Fsp3) is 0.267. The van der Waals surface area contributed by atoms with Crippen molar-refractivity contribution in [2.45, 2.75) is 26.8 Å². The number of carboxylic acids is 1. The lowest BCUT2D eigenvalue weighted by Gasteiger charge is -2.14. The summed E-state index contributed by atoms with van der Waals surface area (Å²) in [6.07, 6.45) is 0. The van der Waals surface area contributed by atoms with E-state index < -0.39 is 5.97 Å². The highest BCUT2D eigenvalue weighted by molar-refractivity contribution is 7.09. The van der Waals surface area contributed by atoms with Gasteiger partial charge in [-0.25, -0.2) is 14.8 Å². The molecule has 6 heteroatoms. The Morgan fingerprint density at radius 1 is 1.33 bits per heavy atom. The van der Waals surface area contributed by atoms with Crippen LogP contribution in [-0.2, 0) is 0 Å². The first-order chi connectivity index (χ1) is 9.99. The predicted octanol–water partition coefficient (Wildman–Crippen LogP) is 3.42. The molecule has 0 bridgehead atoms. The van der Waals surface area contributed by atoms with Gasteiger partial charge in [-0.15, -0.1) is 11.3 Å². The summed E-state index contributed by atoms with van der Waals surface area (Å²) in [4.78, 5) is 20.3. The number of aryl methyl sites for hydroxylation is 2. The lowest BCUT2D eigenvalue weighted by atomic mass is 10.2. The van der Waals surface area contributed by atoms with E-state index in [1.807, 2.05) is 29.9 Å². The SMILES string of the molecule is Cc1csc(C(C)n2c(C)nc3c(C(=O)O)cccc32)n1. The molecule has 0 saturated heterocycles. The van der Waals surface area contributed by atoms with Crippen LogP contribution >= 0.6 is 11.3 Å². The Kier molecular flexibility index (Phi) is 3.25. The van der Waals surface area contributed by atoms with Gasteiger partial charge >= 0.3 is 5.97 Å². The number of rotatable bonds is 3. The lowest BCUT2D eigenvalue weighted by molar-refractivity contribution is 0.0699. The number of aromatic nitrogens is 3. The normalized spacial score (nSPS) is 12.7. The zero-order valence-electron chi connectivity index (χ0n) is 12.0. The maximum absolute atomic E-state index is 11.3. The number of hydrogen-bond acceptors (Lipinski definition) is 4. The van der Waals surface area contributed by atoms with Crippen LogP contribution in [0.4, 0.5) is 0 Å². The molecule has 1 N–H and O–H groups in total. The smallest absolute Gasteiger partial charge is 0.337 e. The van der Waals surface area contributed by atoms with Crippen LogP contribution in [0, 0.1) is 13.8 Å². The van der Waals surface area contributed by atoms with E-state index in [0.29, 0.717) is 5.52 Å². The second kappa shape index (κ2) is 4.96. The zero-order valence-corrected chi connectivity index (χ0v) is 12.8. The molecule has 0 saturated carbocycles. The van der Waals surface area contributed by atoms with Crippen LogP contribution in [0.2, 0.25) is 0 Å². The van der Waals surface area contributed by atoms with Gasteiger partial charge in [0.05, 0.1) is 17.1 Å². The largest absolute Gasteiger partial charge is 0.478 e. The van der Waals surface area contributed by atoms with Crippen molar-refractivity contribution in [1.82, 2.24) is 14.5 Å². The molecule has 1 aromatic carbocycles. The molecule has 0 fully saturated rings. The maximum Gasteiger partial charge on any atom is 0.337 e. The second-order valence-electron chi connectivity index (χ2n) is 5.01. The van der Waals surface area contributed by atoms with E-state index in [9.17, 15) is 9.90 Å². The number of nitrogens with zero attached hydrogens (tertiary/aromatic N) is 3. The number of thiazole rings is 1. The Balaban J connectivity index is 2.21. The van der Waals surface area contributed by atoms with Crippen molar-refractivity contribution in [3.8, 4) is 0 Å². The number of fused-ring (bicyclic) bond motifs is 1. The molecule has 0 aliphatic carbocycles. The van der Waals surface area contributed by atoms with Crippen molar-refractivity contribution in [1.29, 1.82) is 0 Å². The van der Waals surface area contributed by atoms with Crippen molar-refractivity contribution in [2.24, 2.45) is 0 Å². The van der Waals surface area contributed by atoms with Gasteiger partial charge in [0.25, 0.3) is 0 Å². The Morgan fingerprint density at radius 2 is 2.10 bits per heavy atom. The number of carbonyl (C=O) groups is 1. The Hall–Kier alpha value is -2.21. The Bertz CT molecular complexity index is 835. The number of para-hydroxylation sites is 1. The van der Waals surface area contributed by atoms with Crippen LogP contribution in [0.25, 0.3) is 11.0 Å². The first-order valence-electron chi connectivity index (χ1n) is 6.62. The van der Waals surface area contributed by atoms with E-state index in [-0.39, 0.29) is 11.6 Å². The minimum absolute atomic E-state index is 0.0257. The van der Waals surface area contributed by atoms with Crippen molar-refractivity contribution in [2.75, 3.05) is 0 Å². The van der Waals surface area contributed by atoms with Crippen molar-refractivity contribution >= 4 is 28.3 Å². The van der Waals surface area contributed by atoms with E-state index in [2.05, 4.69) is 16.9 Å². The third-order valence-electron chi connectivity index (χ3n) is 3.51. The van der Waals surface area contributed by atoms with E-state index in [1.165, 1.54) is 0 Å². The third-order valence-corrected chi connectivity index (χ3v) is 4.64. The molecule has 0 aliphatic heterocycles. The van der Waals surface area contributed by atoms with Crippen LogP contribution in [0.1, 0.15) is 39.8 Å². The number of aromatic carboxylic acids is 1. The van der Waals surface area contributed by atoms with Crippen molar-refractivity contribution in [3.63, 3.8) is 0 Å². The van der Waals surface area contributed by atoms with Gasteiger partial charge in [-0.05, 0) is 32.9 Å². The summed E-state index contributed by atoms with van der Waals surface area (Å²) >= 11 is 1.61. The third kappa shape index (κ3) is 2.21. The van der Waals surface area contributed by atoms with Crippen LogP contribution < -0.4 is 0 Å². The summed E-state index contributed by atoms with van der Waals surface area (Å²) in [6.45, 7) is 5.91. The molecule has 2 aromatic heterocycles. The van der Waals surface area contributed by atoms with Gasteiger partial charge < -0.3 is 9.67 Å². The van der Waals surface area contributed by atoms with Crippen LogP contribution in [0.3, 0.4) is 0 Å². The lowest BCUT2D eigenvalue weighted by Crippen LogP contribution is -2.08. The average Bonchev–Trinajstić information content (AvgIpc) is 3.00. The number of hydrogen-bond donors (Lipinski definition) is 1. The monoisotopic (exact) mass is 301 g/mol. The Morgan fingerprint density at radius 3 is 2.71 bits per heavy atom. The summed E-state index contributed by atoms with van der Waals surface area (Å²) in [5.74, 6) is -0.165. The zero-order chi connectivity index (χ0) is 15.1. The standard InChI is InChI=1S/C15H15N3O2S/c1-8-7-21-14(16-8)9(2)18-10(3)17-13-11(15(19)20)5-4-6-12(13)18/h4-7,9H,1-3H3,(H,19,20). The highest BCUT2D eigenvalue weighted by Crippen LogP contribution is 2.29. The molecule has 3 aromatic rings. The fourth-order valence-electron chi connectivity index (χ4n) is 2.57. The molecule has 1 atom stereocenters. The molecular formula is C15H15N3O2S. The molecule has 1 unspecified atom stereocenters. The molecule has 5 nitrogen and oxygen atoms in total. The van der Waals surface area contributed by atoms with Gasteiger partial charge in [0, 0.05) is 11.1 Å². The molecule has 3 rings (SSSR count). The minimum atomic E-state index is -0.956.